The molecule has 0 spiro atoms. The van der Waals surface area contributed by atoms with Gasteiger partial charge in [-0.2, -0.15) is 5.26 Å². The van der Waals surface area contributed by atoms with Gasteiger partial charge in [-0.1, -0.05) is 36.4 Å². The quantitative estimate of drug-likeness (QED) is 0.616. The molecule has 7 heteroatoms. The molecule has 0 aromatic heterocycles. The van der Waals surface area contributed by atoms with Crippen LogP contribution in [0.4, 0.5) is 5.69 Å². The van der Waals surface area contributed by atoms with Crippen LogP contribution in [0.5, 0.6) is 0 Å². The zero-order chi connectivity index (χ0) is 24.4. The van der Waals surface area contributed by atoms with Gasteiger partial charge in [0, 0.05) is 31.8 Å². The van der Waals surface area contributed by atoms with Gasteiger partial charge >= 0.3 is 0 Å². The van der Waals surface area contributed by atoms with Crippen molar-refractivity contribution in [3.63, 3.8) is 0 Å². The van der Waals surface area contributed by atoms with Crippen molar-refractivity contribution in [2.75, 3.05) is 25.2 Å². The number of anilines is 1. The summed E-state index contributed by atoms with van der Waals surface area (Å²) in [6, 6.07) is 16.2. The molecule has 3 fully saturated rings. The first-order valence-electron chi connectivity index (χ1n) is 12.5. The number of amides is 2. The molecule has 1 saturated carbocycles. The Morgan fingerprint density at radius 2 is 1.91 bits per heavy atom. The molecule has 0 radical (unpaired) electrons. The maximum Gasteiger partial charge on any atom is 0.238 e. The van der Waals surface area contributed by atoms with E-state index in [1.165, 1.54) is 0 Å². The summed E-state index contributed by atoms with van der Waals surface area (Å²) < 4.78 is 5.16. The minimum atomic E-state index is -0.559. The van der Waals surface area contributed by atoms with Crippen molar-refractivity contribution in [2.24, 2.45) is 5.92 Å². The molecule has 7 nitrogen and oxygen atoms in total. The molecular formula is C28H32N4O3. The van der Waals surface area contributed by atoms with Gasteiger partial charge in [-0.05, 0) is 59.9 Å². The fourth-order valence-corrected chi connectivity index (χ4v) is 5.72. The largest absolute Gasteiger partial charge is 0.383 e. The zero-order valence-electron chi connectivity index (χ0n) is 20.1. The van der Waals surface area contributed by atoms with Gasteiger partial charge in [0.1, 0.15) is 6.04 Å². The summed E-state index contributed by atoms with van der Waals surface area (Å²) in [7, 11) is 1.64. The number of hydrogen-bond donors (Lipinski definition) is 2. The van der Waals surface area contributed by atoms with E-state index in [2.05, 4.69) is 22.8 Å². The van der Waals surface area contributed by atoms with Crippen LogP contribution in [0.2, 0.25) is 0 Å². The number of nitriles is 1. The highest BCUT2D eigenvalue weighted by molar-refractivity contribution is 6.02. The summed E-state index contributed by atoms with van der Waals surface area (Å²) in [5.74, 6) is 0.436. The van der Waals surface area contributed by atoms with Gasteiger partial charge in [0.25, 0.3) is 0 Å². The molecule has 2 aromatic rings. The number of hydrogen-bond acceptors (Lipinski definition) is 5. The monoisotopic (exact) mass is 472 g/mol. The first kappa shape index (κ1) is 23.5. The molecule has 3 aliphatic heterocycles. The highest BCUT2D eigenvalue weighted by Gasteiger charge is 2.39. The number of rotatable bonds is 8. The van der Waals surface area contributed by atoms with Gasteiger partial charge in [0.05, 0.1) is 25.1 Å². The molecule has 2 saturated heterocycles. The predicted octanol–water partition coefficient (Wildman–Crippen LogP) is 2.97. The number of nitrogens with one attached hydrogen (secondary N) is 2. The lowest BCUT2D eigenvalue weighted by Gasteiger charge is -2.42. The molecule has 4 aliphatic rings. The summed E-state index contributed by atoms with van der Waals surface area (Å²) in [5.41, 5.74) is 5.07. The molecule has 2 N–H and O–H groups in total. The van der Waals surface area contributed by atoms with Gasteiger partial charge in [0.15, 0.2) is 0 Å². The Balaban J connectivity index is 1.24. The summed E-state index contributed by atoms with van der Waals surface area (Å²) in [6.07, 6.45) is 5.37. The van der Waals surface area contributed by atoms with E-state index in [9.17, 15) is 14.9 Å². The molecular weight excluding hydrogens is 440 g/mol. The molecule has 2 amide bonds. The number of carbonyl (C=O) groups is 2. The number of nitrogens with zero attached hydrogens (tertiary/aromatic N) is 2. The predicted molar refractivity (Wildman–Crippen MR) is 134 cm³/mol. The molecule has 2 aromatic carbocycles. The summed E-state index contributed by atoms with van der Waals surface area (Å²) in [4.78, 5) is 27.0. The van der Waals surface area contributed by atoms with E-state index < -0.39 is 6.04 Å². The first-order valence-corrected chi connectivity index (χ1v) is 12.5. The van der Waals surface area contributed by atoms with Gasteiger partial charge in [-0.25, -0.2) is 0 Å². The zero-order valence-corrected chi connectivity index (χ0v) is 20.1. The SMILES string of the molecule is COCCN1C(=O)Cc2ccc(-c3ccc(C[C@@H](C#N)NC(=O)[C@H]4NC5CCC4CC5)cc3)cc21. The maximum atomic E-state index is 12.8. The Morgan fingerprint density at radius 1 is 1.17 bits per heavy atom. The van der Waals surface area contributed by atoms with E-state index in [0.29, 0.717) is 38.0 Å². The third kappa shape index (κ3) is 4.95. The lowest BCUT2D eigenvalue weighted by atomic mass is 9.76. The average Bonchev–Trinajstić information content (AvgIpc) is 3.21. The number of benzene rings is 2. The summed E-state index contributed by atoms with van der Waals surface area (Å²) >= 11 is 0. The lowest BCUT2D eigenvalue weighted by molar-refractivity contribution is -0.127. The van der Waals surface area contributed by atoms with Crippen LogP contribution in [0.3, 0.4) is 0 Å². The van der Waals surface area contributed by atoms with E-state index in [-0.39, 0.29) is 17.9 Å². The Labute approximate surface area is 206 Å². The highest BCUT2D eigenvalue weighted by atomic mass is 16.5. The lowest BCUT2D eigenvalue weighted by Crippen LogP contribution is -2.59. The van der Waals surface area contributed by atoms with E-state index in [0.717, 1.165) is 53.6 Å². The van der Waals surface area contributed by atoms with E-state index in [1.807, 2.05) is 36.4 Å². The first-order chi connectivity index (χ1) is 17.1. The third-order valence-corrected chi connectivity index (χ3v) is 7.68. The smallest absolute Gasteiger partial charge is 0.238 e. The Bertz CT molecular complexity index is 1130. The number of piperidine rings is 2. The van der Waals surface area contributed by atoms with E-state index in [1.54, 1.807) is 12.0 Å². The van der Waals surface area contributed by atoms with Crippen LogP contribution in [0.15, 0.2) is 42.5 Å². The molecule has 2 atom stereocenters. The van der Waals surface area contributed by atoms with Crippen LogP contribution >= 0.6 is 0 Å². The minimum absolute atomic E-state index is 0.0479. The van der Waals surface area contributed by atoms with Crippen LogP contribution in [-0.4, -0.2) is 50.2 Å². The fraction of sp³-hybridized carbons (Fsp3) is 0.464. The Kier molecular flexibility index (Phi) is 6.85. The van der Waals surface area contributed by atoms with Gasteiger partial charge < -0.3 is 20.3 Å². The summed E-state index contributed by atoms with van der Waals surface area (Å²) in [6.45, 7) is 1.04. The van der Waals surface area contributed by atoms with Crippen LogP contribution in [-0.2, 0) is 27.2 Å². The molecule has 2 bridgehead atoms. The van der Waals surface area contributed by atoms with Crippen molar-refractivity contribution < 1.29 is 14.3 Å². The molecule has 182 valence electrons. The van der Waals surface area contributed by atoms with Crippen LogP contribution in [0, 0.1) is 17.2 Å². The molecule has 3 heterocycles. The second-order valence-corrected chi connectivity index (χ2v) is 9.91. The summed E-state index contributed by atoms with van der Waals surface area (Å²) in [5, 5.41) is 16.1. The van der Waals surface area contributed by atoms with E-state index >= 15 is 0 Å². The highest BCUT2D eigenvalue weighted by Crippen LogP contribution is 2.34. The Morgan fingerprint density at radius 3 is 2.57 bits per heavy atom. The molecule has 0 unspecified atom stereocenters. The van der Waals surface area contributed by atoms with Crippen LogP contribution in [0.25, 0.3) is 11.1 Å². The average molecular weight is 473 g/mol. The van der Waals surface area contributed by atoms with Crippen molar-refractivity contribution in [3.05, 3.63) is 53.6 Å². The van der Waals surface area contributed by atoms with Crippen LogP contribution < -0.4 is 15.5 Å². The van der Waals surface area contributed by atoms with Crippen molar-refractivity contribution >= 4 is 17.5 Å². The van der Waals surface area contributed by atoms with Crippen LogP contribution in [0.1, 0.15) is 36.8 Å². The number of ether oxygens (including phenoxy) is 1. The van der Waals surface area contributed by atoms with Gasteiger partial charge in [-0.3, -0.25) is 9.59 Å². The molecule has 6 rings (SSSR count). The number of carbonyl (C=O) groups excluding carboxylic acids is 2. The van der Waals surface area contributed by atoms with Gasteiger partial charge in [-0.15, -0.1) is 0 Å². The molecule has 1 aliphatic carbocycles. The normalized spacial score (nSPS) is 23.6. The standard InChI is InChI=1S/C28H32N4O3/c1-35-13-12-32-25-15-21(6-7-22(25)16-26(32)33)19-4-2-18(3-5-19)14-24(17-29)31-28(34)27-20-8-10-23(30-27)11-9-20/h2-7,15,20,23-24,27,30H,8-14,16H2,1H3,(H,31,34)/t20?,23?,24-,27-/m0/s1. The van der Waals surface area contributed by atoms with Crippen molar-refractivity contribution in [3.8, 4) is 17.2 Å². The number of methoxy groups -OCH3 is 1. The van der Waals surface area contributed by atoms with Crippen molar-refractivity contribution in [2.45, 2.75) is 56.7 Å². The van der Waals surface area contributed by atoms with Crippen molar-refractivity contribution in [1.82, 2.24) is 10.6 Å². The topological polar surface area (TPSA) is 94.5 Å². The minimum Gasteiger partial charge on any atom is -0.383 e. The fourth-order valence-electron chi connectivity index (χ4n) is 5.72. The van der Waals surface area contributed by atoms with Gasteiger partial charge in [0.2, 0.25) is 11.8 Å². The Hall–Kier alpha value is -3.21. The van der Waals surface area contributed by atoms with Crippen molar-refractivity contribution in [1.29, 1.82) is 5.26 Å². The second kappa shape index (κ2) is 10.2. The second-order valence-electron chi connectivity index (χ2n) is 9.91. The number of fused-ring (bicyclic) bond motifs is 4. The third-order valence-electron chi connectivity index (χ3n) is 7.68. The maximum absolute atomic E-state index is 12.8. The van der Waals surface area contributed by atoms with E-state index in [4.69, 9.17) is 4.74 Å². The molecule has 35 heavy (non-hydrogen) atoms.